The van der Waals surface area contributed by atoms with Gasteiger partial charge >= 0.3 is 5.69 Å². The molecule has 0 bridgehead atoms. The lowest BCUT2D eigenvalue weighted by Gasteiger charge is -2.07. The fraction of sp³-hybridized carbons (Fsp3) is 0.0769. The van der Waals surface area contributed by atoms with Crippen LogP contribution in [0.4, 0.5) is 10.1 Å². The number of hydrogen-bond donors (Lipinski definition) is 1. The number of rotatable bonds is 4. The Bertz CT molecular complexity index is 598. The summed E-state index contributed by atoms with van der Waals surface area (Å²) in [6.07, 6.45) is 0. The van der Waals surface area contributed by atoms with Crippen LogP contribution >= 0.6 is 0 Å². The lowest BCUT2D eigenvalue weighted by molar-refractivity contribution is -0.388. The molecular weight excluding hydrogens is 253 g/mol. The van der Waals surface area contributed by atoms with Crippen LogP contribution < -0.4 is 4.74 Å². The van der Waals surface area contributed by atoms with Crippen molar-refractivity contribution in [1.29, 1.82) is 0 Å². The highest BCUT2D eigenvalue weighted by atomic mass is 19.1. The molecule has 0 atom stereocenters. The van der Waals surface area contributed by atoms with E-state index in [1.54, 1.807) is 24.3 Å². The van der Waals surface area contributed by atoms with Crippen LogP contribution in [-0.2, 0) is 6.61 Å². The summed E-state index contributed by atoms with van der Waals surface area (Å²) in [6.45, 7) is -0.111. The molecule has 1 N–H and O–H groups in total. The van der Waals surface area contributed by atoms with Crippen LogP contribution in [0.2, 0.25) is 0 Å². The molecule has 0 saturated heterocycles. The van der Waals surface area contributed by atoms with E-state index in [-0.39, 0.29) is 12.4 Å². The molecule has 0 saturated carbocycles. The minimum Gasteiger partial charge on any atom is -0.450 e. The van der Waals surface area contributed by atoms with Crippen LogP contribution in [0.1, 0.15) is 5.56 Å². The number of hydrogen-bond acceptors (Lipinski definition) is 4. The minimum atomic E-state index is -0.950. The second kappa shape index (κ2) is 5.45. The third-order valence-electron chi connectivity index (χ3n) is 2.47. The molecule has 0 radical (unpaired) electrons. The molecule has 2 aromatic carbocycles. The molecule has 2 rings (SSSR count). The number of aliphatic hydroxyl groups is 1. The summed E-state index contributed by atoms with van der Waals surface area (Å²) in [7, 11) is 0. The van der Waals surface area contributed by atoms with E-state index in [9.17, 15) is 14.5 Å². The van der Waals surface area contributed by atoms with Crippen LogP contribution in [0.15, 0.2) is 42.5 Å². The van der Waals surface area contributed by atoms with Crippen molar-refractivity contribution in [3.8, 4) is 11.5 Å². The van der Waals surface area contributed by atoms with Gasteiger partial charge in [-0.2, -0.15) is 4.39 Å². The maximum absolute atomic E-state index is 13.4. The Morgan fingerprint density at radius 1 is 1.21 bits per heavy atom. The lowest BCUT2D eigenvalue weighted by Crippen LogP contribution is -1.96. The van der Waals surface area contributed by atoms with Gasteiger partial charge in [-0.05, 0) is 29.8 Å². The zero-order chi connectivity index (χ0) is 13.8. The van der Waals surface area contributed by atoms with Crippen molar-refractivity contribution < 1.29 is 19.2 Å². The molecular formula is C13H10FNO4. The van der Waals surface area contributed by atoms with Crippen molar-refractivity contribution in [2.45, 2.75) is 6.61 Å². The lowest BCUT2D eigenvalue weighted by atomic mass is 10.2. The molecule has 0 aliphatic rings. The van der Waals surface area contributed by atoms with Crippen molar-refractivity contribution in [2.24, 2.45) is 0 Å². The number of nitrogens with zero attached hydrogens (tertiary/aromatic N) is 1. The maximum atomic E-state index is 13.4. The minimum absolute atomic E-state index is 0.111. The fourth-order valence-corrected chi connectivity index (χ4v) is 1.54. The smallest absolute Gasteiger partial charge is 0.346 e. The molecule has 0 unspecified atom stereocenters. The Labute approximate surface area is 108 Å². The Hall–Kier alpha value is -2.47. The van der Waals surface area contributed by atoms with Crippen LogP contribution in [0.25, 0.3) is 0 Å². The highest BCUT2D eigenvalue weighted by Crippen LogP contribution is 2.33. The summed E-state index contributed by atoms with van der Waals surface area (Å²) in [5.41, 5.74) is -0.0187. The normalized spacial score (nSPS) is 10.2. The van der Waals surface area contributed by atoms with E-state index in [0.29, 0.717) is 11.3 Å². The summed E-state index contributed by atoms with van der Waals surface area (Å²) in [4.78, 5) is 9.96. The maximum Gasteiger partial charge on any atom is 0.346 e. The first-order valence-electron chi connectivity index (χ1n) is 5.42. The molecule has 2 aromatic rings. The highest BCUT2D eigenvalue weighted by Gasteiger charge is 2.21. The van der Waals surface area contributed by atoms with Gasteiger partial charge in [-0.25, -0.2) is 0 Å². The molecule has 19 heavy (non-hydrogen) atoms. The van der Waals surface area contributed by atoms with Gasteiger partial charge in [0, 0.05) is 0 Å². The van der Waals surface area contributed by atoms with Gasteiger partial charge in [-0.15, -0.1) is 0 Å². The van der Waals surface area contributed by atoms with E-state index in [1.165, 1.54) is 12.1 Å². The number of nitro benzene ring substituents is 1. The van der Waals surface area contributed by atoms with Gasteiger partial charge in [0.05, 0.1) is 11.5 Å². The molecule has 0 fully saturated rings. The summed E-state index contributed by atoms with van der Waals surface area (Å²) >= 11 is 0. The Balaban J connectivity index is 2.32. The monoisotopic (exact) mass is 263 g/mol. The van der Waals surface area contributed by atoms with Crippen LogP contribution in [0, 0.1) is 15.9 Å². The number of para-hydroxylation sites is 1. The van der Waals surface area contributed by atoms with Crippen LogP contribution in [0.3, 0.4) is 0 Å². The van der Waals surface area contributed by atoms with Gasteiger partial charge in [0.25, 0.3) is 0 Å². The number of ether oxygens (including phenoxy) is 1. The van der Waals surface area contributed by atoms with E-state index in [2.05, 4.69) is 0 Å². The molecule has 0 spiro atoms. The van der Waals surface area contributed by atoms with Gasteiger partial charge in [-0.1, -0.05) is 18.2 Å². The molecule has 0 aromatic heterocycles. The van der Waals surface area contributed by atoms with Crippen molar-refractivity contribution in [1.82, 2.24) is 0 Å². The van der Waals surface area contributed by atoms with Crippen LogP contribution in [0.5, 0.6) is 11.5 Å². The molecule has 0 amide bonds. The van der Waals surface area contributed by atoms with E-state index in [1.807, 2.05) is 0 Å². The zero-order valence-corrected chi connectivity index (χ0v) is 9.75. The number of benzene rings is 2. The number of nitro groups is 1. The standard InChI is InChI=1S/C13H10FNO4/c14-11-2-1-3-12(13(11)15(17)18)19-10-6-4-9(8-16)5-7-10/h1-7,16H,8H2. The number of aliphatic hydroxyl groups excluding tert-OH is 1. The van der Waals surface area contributed by atoms with Crippen molar-refractivity contribution in [2.75, 3.05) is 0 Å². The molecule has 98 valence electrons. The first kappa shape index (κ1) is 13.0. The van der Waals surface area contributed by atoms with Gasteiger partial charge in [0.2, 0.25) is 11.6 Å². The summed E-state index contributed by atoms with van der Waals surface area (Å²) < 4.78 is 18.7. The summed E-state index contributed by atoms with van der Waals surface area (Å²) in [6, 6.07) is 9.96. The van der Waals surface area contributed by atoms with E-state index in [4.69, 9.17) is 9.84 Å². The van der Waals surface area contributed by atoms with E-state index >= 15 is 0 Å². The van der Waals surface area contributed by atoms with Gasteiger partial charge < -0.3 is 9.84 Å². The Morgan fingerprint density at radius 2 is 1.89 bits per heavy atom. The largest absolute Gasteiger partial charge is 0.450 e. The average Bonchev–Trinajstić information content (AvgIpc) is 2.39. The highest BCUT2D eigenvalue weighted by molar-refractivity contribution is 5.49. The van der Waals surface area contributed by atoms with Crippen molar-refractivity contribution in [3.05, 3.63) is 64.0 Å². The third kappa shape index (κ3) is 2.86. The molecule has 6 heteroatoms. The Kier molecular flexibility index (Phi) is 3.72. The van der Waals surface area contributed by atoms with Crippen LogP contribution in [-0.4, -0.2) is 10.0 Å². The van der Waals surface area contributed by atoms with Crippen molar-refractivity contribution in [3.63, 3.8) is 0 Å². The second-order valence-electron chi connectivity index (χ2n) is 3.75. The topological polar surface area (TPSA) is 72.6 Å². The Morgan fingerprint density at radius 3 is 2.47 bits per heavy atom. The molecule has 0 aliphatic carbocycles. The predicted octanol–water partition coefficient (Wildman–Crippen LogP) is 3.02. The summed E-state index contributed by atoms with van der Waals surface area (Å²) in [5, 5.41) is 19.7. The average molecular weight is 263 g/mol. The zero-order valence-electron chi connectivity index (χ0n) is 9.75. The van der Waals surface area contributed by atoms with E-state index < -0.39 is 16.4 Å². The predicted molar refractivity (Wildman–Crippen MR) is 65.5 cm³/mol. The first-order valence-corrected chi connectivity index (χ1v) is 5.42. The molecule has 0 heterocycles. The van der Waals surface area contributed by atoms with Gasteiger partial charge in [0.1, 0.15) is 5.75 Å². The SMILES string of the molecule is O=[N+]([O-])c1c(F)cccc1Oc1ccc(CO)cc1. The fourth-order valence-electron chi connectivity index (χ4n) is 1.54. The van der Waals surface area contributed by atoms with Crippen molar-refractivity contribution >= 4 is 5.69 Å². The number of halogens is 1. The first-order chi connectivity index (χ1) is 9.11. The summed E-state index contributed by atoms with van der Waals surface area (Å²) in [5.74, 6) is -0.790. The molecule has 0 aliphatic heterocycles. The third-order valence-corrected chi connectivity index (χ3v) is 2.47. The van der Waals surface area contributed by atoms with Gasteiger partial charge in [-0.3, -0.25) is 10.1 Å². The second-order valence-corrected chi connectivity index (χ2v) is 3.75. The quantitative estimate of drug-likeness (QED) is 0.679. The van der Waals surface area contributed by atoms with Gasteiger partial charge in [0.15, 0.2) is 0 Å². The molecule has 5 nitrogen and oxygen atoms in total. The van der Waals surface area contributed by atoms with E-state index in [0.717, 1.165) is 6.07 Å².